The Bertz CT molecular complexity index is 657. The standard InChI is InChI=1S/C14H18N4O2S/c15-9-4-2-1-3-5-10(9)17-11-6-7-12-13(16-8-21-12)14(11)18(19)20/h6-10,17H,1-5,15H2. The summed E-state index contributed by atoms with van der Waals surface area (Å²) in [7, 11) is 0. The monoisotopic (exact) mass is 306 g/mol. The molecule has 1 saturated carbocycles. The number of benzene rings is 1. The van der Waals surface area contributed by atoms with Crippen molar-refractivity contribution in [2.75, 3.05) is 5.32 Å². The third kappa shape index (κ3) is 2.84. The van der Waals surface area contributed by atoms with Crippen LogP contribution in [0.2, 0.25) is 0 Å². The predicted molar refractivity (Wildman–Crippen MR) is 84.7 cm³/mol. The number of fused-ring (bicyclic) bond motifs is 1. The largest absolute Gasteiger partial charge is 0.375 e. The minimum absolute atomic E-state index is 0.0400. The summed E-state index contributed by atoms with van der Waals surface area (Å²) in [6, 6.07) is 3.78. The zero-order valence-electron chi connectivity index (χ0n) is 11.6. The zero-order chi connectivity index (χ0) is 14.8. The maximum Gasteiger partial charge on any atom is 0.319 e. The maximum absolute atomic E-state index is 11.4. The number of thiazole rings is 1. The first-order valence-corrected chi connectivity index (χ1v) is 8.07. The van der Waals surface area contributed by atoms with Gasteiger partial charge >= 0.3 is 5.69 Å². The van der Waals surface area contributed by atoms with E-state index in [-0.39, 0.29) is 22.7 Å². The Morgan fingerprint density at radius 2 is 2.14 bits per heavy atom. The quantitative estimate of drug-likeness (QED) is 0.515. The summed E-state index contributed by atoms with van der Waals surface area (Å²) in [5.41, 5.74) is 8.88. The van der Waals surface area contributed by atoms with Gasteiger partial charge in [-0.25, -0.2) is 4.98 Å². The molecule has 1 heterocycles. The molecular weight excluding hydrogens is 288 g/mol. The van der Waals surface area contributed by atoms with E-state index in [1.807, 2.05) is 6.07 Å². The van der Waals surface area contributed by atoms with Crippen LogP contribution >= 0.6 is 11.3 Å². The van der Waals surface area contributed by atoms with Gasteiger partial charge < -0.3 is 11.1 Å². The van der Waals surface area contributed by atoms with Crippen LogP contribution in [0.25, 0.3) is 10.2 Å². The highest BCUT2D eigenvalue weighted by molar-refractivity contribution is 7.16. The minimum atomic E-state index is -0.355. The van der Waals surface area contributed by atoms with Gasteiger partial charge in [0.2, 0.25) is 0 Å². The Hall–Kier alpha value is -1.73. The number of aromatic nitrogens is 1. The molecule has 0 aliphatic heterocycles. The van der Waals surface area contributed by atoms with Gasteiger partial charge in [0.05, 0.1) is 15.1 Å². The lowest BCUT2D eigenvalue weighted by Gasteiger charge is -2.23. The molecule has 21 heavy (non-hydrogen) atoms. The van der Waals surface area contributed by atoms with Crippen molar-refractivity contribution in [1.82, 2.24) is 4.98 Å². The Morgan fingerprint density at radius 1 is 1.33 bits per heavy atom. The molecule has 3 rings (SSSR count). The van der Waals surface area contributed by atoms with Gasteiger partial charge in [-0.3, -0.25) is 10.1 Å². The highest BCUT2D eigenvalue weighted by Crippen LogP contribution is 2.35. The Balaban J connectivity index is 1.95. The minimum Gasteiger partial charge on any atom is -0.375 e. The van der Waals surface area contributed by atoms with Crippen LogP contribution in [0.15, 0.2) is 17.6 Å². The van der Waals surface area contributed by atoms with Crippen LogP contribution in [0.1, 0.15) is 32.1 Å². The smallest absolute Gasteiger partial charge is 0.319 e. The van der Waals surface area contributed by atoms with Crippen molar-refractivity contribution in [3.05, 3.63) is 27.8 Å². The van der Waals surface area contributed by atoms with E-state index in [2.05, 4.69) is 10.3 Å². The summed E-state index contributed by atoms with van der Waals surface area (Å²) < 4.78 is 0.831. The molecular formula is C14H18N4O2S. The molecule has 1 fully saturated rings. The van der Waals surface area contributed by atoms with E-state index in [1.54, 1.807) is 11.6 Å². The Labute approximate surface area is 126 Å². The second kappa shape index (κ2) is 5.95. The molecule has 112 valence electrons. The van der Waals surface area contributed by atoms with Crippen molar-refractivity contribution >= 4 is 32.9 Å². The number of rotatable bonds is 3. The second-order valence-corrected chi connectivity index (χ2v) is 6.36. The number of nitrogens with zero attached hydrogens (tertiary/aromatic N) is 2. The number of nitro benzene ring substituents is 1. The van der Waals surface area contributed by atoms with Crippen LogP contribution in [0.3, 0.4) is 0 Å². The van der Waals surface area contributed by atoms with E-state index >= 15 is 0 Å². The molecule has 0 bridgehead atoms. The molecule has 1 aromatic carbocycles. The summed E-state index contributed by atoms with van der Waals surface area (Å²) in [6.07, 6.45) is 5.33. The van der Waals surface area contributed by atoms with Crippen LogP contribution in [-0.4, -0.2) is 22.0 Å². The van der Waals surface area contributed by atoms with Gasteiger partial charge in [-0.1, -0.05) is 19.3 Å². The molecule has 1 aliphatic carbocycles. The topological polar surface area (TPSA) is 94.1 Å². The molecule has 1 aliphatic rings. The van der Waals surface area contributed by atoms with E-state index in [0.717, 1.165) is 30.4 Å². The molecule has 2 unspecified atom stereocenters. The Kier molecular flexibility index (Phi) is 4.03. The fraction of sp³-hybridized carbons (Fsp3) is 0.500. The first kappa shape index (κ1) is 14.2. The fourth-order valence-corrected chi connectivity index (χ4v) is 3.61. The molecule has 0 spiro atoms. The van der Waals surface area contributed by atoms with Crippen molar-refractivity contribution in [3.63, 3.8) is 0 Å². The van der Waals surface area contributed by atoms with Gasteiger partial charge in [0.15, 0.2) is 5.52 Å². The summed E-state index contributed by atoms with van der Waals surface area (Å²) in [6.45, 7) is 0. The molecule has 1 aromatic heterocycles. The van der Waals surface area contributed by atoms with E-state index < -0.39 is 0 Å². The molecule has 2 aromatic rings. The first-order chi connectivity index (χ1) is 10.2. The van der Waals surface area contributed by atoms with Crippen molar-refractivity contribution in [2.24, 2.45) is 5.73 Å². The van der Waals surface area contributed by atoms with Crippen molar-refractivity contribution < 1.29 is 4.92 Å². The second-order valence-electron chi connectivity index (χ2n) is 5.47. The number of nitrogens with two attached hydrogens (primary N) is 1. The van der Waals surface area contributed by atoms with E-state index in [0.29, 0.717) is 11.2 Å². The van der Waals surface area contributed by atoms with Gasteiger partial charge in [0, 0.05) is 12.1 Å². The van der Waals surface area contributed by atoms with Crippen molar-refractivity contribution in [3.8, 4) is 0 Å². The number of anilines is 1. The molecule has 7 heteroatoms. The highest BCUT2D eigenvalue weighted by Gasteiger charge is 2.26. The van der Waals surface area contributed by atoms with E-state index in [4.69, 9.17) is 5.73 Å². The molecule has 0 amide bonds. The van der Waals surface area contributed by atoms with Crippen molar-refractivity contribution in [1.29, 1.82) is 0 Å². The average Bonchev–Trinajstić information content (AvgIpc) is 2.83. The lowest BCUT2D eigenvalue weighted by molar-refractivity contribution is -0.382. The summed E-state index contributed by atoms with van der Waals surface area (Å²) in [5.74, 6) is 0. The van der Waals surface area contributed by atoms with E-state index in [9.17, 15) is 10.1 Å². The lowest BCUT2D eigenvalue weighted by atomic mass is 10.0. The SMILES string of the molecule is NC1CCCCCC1Nc1ccc2scnc2c1[N+](=O)[O-]. The molecule has 2 atom stereocenters. The molecule has 0 radical (unpaired) electrons. The van der Waals surface area contributed by atoms with Gasteiger partial charge in [0.1, 0.15) is 5.69 Å². The Morgan fingerprint density at radius 3 is 2.95 bits per heavy atom. The number of nitrogens with one attached hydrogen (secondary N) is 1. The fourth-order valence-electron chi connectivity index (χ4n) is 2.93. The number of hydrogen-bond donors (Lipinski definition) is 2. The maximum atomic E-state index is 11.4. The molecule has 0 saturated heterocycles. The zero-order valence-corrected chi connectivity index (χ0v) is 12.4. The average molecular weight is 306 g/mol. The van der Waals surface area contributed by atoms with E-state index in [1.165, 1.54) is 17.8 Å². The summed E-state index contributed by atoms with van der Waals surface area (Å²) in [5, 5.41) is 14.7. The summed E-state index contributed by atoms with van der Waals surface area (Å²) >= 11 is 1.41. The van der Waals surface area contributed by atoms with Crippen molar-refractivity contribution in [2.45, 2.75) is 44.2 Å². The van der Waals surface area contributed by atoms with Crippen LogP contribution in [0.4, 0.5) is 11.4 Å². The van der Waals surface area contributed by atoms with Crippen LogP contribution < -0.4 is 11.1 Å². The molecule has 3 N–H and O–H groups in total. The van der Waals surface area contributed by atoms with Crippen LogP contribution in [-0.2, 0) is 0 Å². The van der Waals surface area contributed by atoms with Crippen LogP contribution in [0.5, 0.6) is 0 Å². The van der Waals surface area contributed by atoms with Crippen LogP contribution in [0, 0.1) is 10.1 Å². The predicted octanol–water partition coefficient (Wildman–Crippen LogP) is 3.28. The van der Waals surface area contributed by atoms with Gasteiger partial charge in [0.25, 0.3) is 0 Å². The molecule has 6 nitrogen and oxygen atoms in total. The number of nitro groups is 1. The lowest BCUT2D eigenvalue weighted by Crippen LogP contribution is -2.39. The normalized spacial score (nSPS) is 22.9. The highest BCUT2D eigenvalue weighted by atomic mass is 32.1. The number of hydrogen-bond acceptors (Lipinski definition) is 6. The third-order valence-corrected chi connectivity index (χ3v) is 4.86. The van der Waals surface area contributed by atoms with Gasteiger partial charge in [-0.15, -0.1) is 11.3 Å². The first-order valence-electron chi connectivity index (χ1n) is 7.19. The summed E-state index contributed by atoms with van der Waals surface area (Å²) in [4.78, 5) is 15.2. The third-order valence-electron chi connectivity index (χ3n) is 4.07. The van der Waals surface area contributed by atoms with Gasteiger partial charge in [-0.05, 0) is 25.0 Å². The van der Waals surface area contributed by atoms with Gasteiger partial charge in [-0.2, -0.15) is 0 Å².